The Balaban J connectivity index is 0.000000145. The molecule has 0 spiro atoms. The summed E-state index contributed by atoms with van der Waals surface area (Å²) in [5.74, 6) is 0.409. The van der Waals surface area contributed by atoms with Crippen LogP contribution >= 0.6 is 35.3 Å². The molecule has 8 heterocycles. The number of hydrogen-bond donors (Lipinski definition) is 1. The summed E-state index contributed by atoms with van der Waals surface area (Å²) in [4.78, 5) is 35.4. The van der Waals surface area contributed by atoms with Crippen molar-refractivity contribution >= 4 is 74.3 Å². The van der Waals surface area contributed by atoms with Gasteiger partial charge in [0.05, 0.1) is 22.4 Å². The molecule has 0 bridgehead atoms. The van der Waals surface area contributed by atoms with Gasteiger partial charge >= 0.3 is 0 Å². The molecule has 14 heteroatoms. The minimum atomic E-state index is 0.409. The number of fused-ring (bicyclic) bond motifs is 6. The van der Waals surface area contributed by atoms with Crippen LogP contribution in [0, 0.1) is 0 Å². The molecule has 0 amide bonds. The predicted octanol–water partition coefficient (Wildman–Crippen LogP) is 6.43. The average molecular weight is 648 g/mol. The summed E-state index contributed by atoms with van der Waals surface area (Å²) < 4.78 is 3.95. The largest absolute Gasteiger partial charge is 0.369 e. The Labute approximate surface area is 270 Å². The zero-order valence-corrected chi connectivity index (χ0v) is 26.8. The van der Waals surface area contributed by atoms with Crippen molar-refractivity contribution in [3.63, 3.8) is 0 Å². The highest BCUT2D eigenvalue weighted by molar-refractivity contribution is 7.98. The molecule has 0 aromatic carbocycles. The number of aromatic nitrogens is 10. The molecular weight excluding hydrogens is 623 g/mol. The van der Waals surface area contributed by atoms with Crippen molar-refractivity contribution in [3.05, 3.63) is 85.7 Å². The molecule has 8 aromatic heterocycles. The lowest BCUT2D eigenvalue weighted by Crippen LogP contribution is -1.99. The normalized spacial score (nSPS) is 11.4. The van der Waals surface area contributed by atoms with E-state index in [1.807, 2.05) is 78.0 Å². The van der Waals surface area contributed by atoms with Gasteiger partial charge in [-0.25, -0.2) is 39.9 Å². The Morgan fingerprint density at radius 2 is 1.04 bits per heavy atom. The van der Waals surface area contributed by atoms with E-state index in [4.69, 9.17) is 5.73 Å². The maximum Gasteiger partial charge on any atom is 0.206 e. The summed E-state index contributed by atoms with van der Waals surface area (Å²) in [6, 6.07) is 15.7. The fourth-order valence-electron chi connectivity index (χ4n) is 5.32. The van der Waals surface area contributed by atoms with Crippen molar-refractivity contribution in [1.29, 1.82) is 0 Å². The van der Waals surface area contributed by atoms with Crippen LogP contribution in [0.5, 0.6) is 0 Å². The van der Waals surface area contributed by atoms with Crippen LogP contribution in [0.1, 0.15) is 0 Å². The first-order valence-electron chi connectivity index (χ1n) is 13.7. The van der Waals surface area contributed by atoms with Crippen molar-refractivity contribution < 1.29 is 0 Å². The predicted molar refractivity (Wildman–Crippen MR) is 183 cm³/mol. The lowest BCUT2D eigenvalue weighted by atomic mass is 10.1. The monoisotopic (exact) mass is 647 g/mol. The summed E-state index contributed by atoms with van der Waals surface area (Å²) >= 11 is 4.65. The standard InChI is InChI=1S/C16H13N5S2.C15H12N6S/c1-22-15-18-8-5-11(20-15)13-10-4-3-7-17-14(10)21-12(13)6-9-19-16(21)23-2;1-22-15-19-7-4-10(20-15)12-9-3-2-6-17-13(9)21-11(12)5-8-18-14(21)16/h3-9H,1-2H3;2-8H,1H3,(H2,16,18). The second-order valence-electron chi connectivity index (χ2n) is 9.53. The minimum absolute atomic E-state index is 0.409. The number of anilines is 1. The van der Waals surface area contributed by atoms with E-state index in [0.717, 1.165) is 71.1 Å². The first kappa shape index (κ1) is 29.0. The third kappa shape index (κ3) is 5.10. The maximum atomic E-state index is 6.04. The smallest absolute Gasteiger partial charge is 0.206 e. The van der Waals surface area contributed by atoms with E-state index >= 15 is 0 Å². The van der Waals surface area contributed by atoms with Crippen LogP contribution in [0.3, 0.4) is 0 Å². The lowest BCUT2D eigenvalue weighted by molar-refractivity contribution is 0.922. The highest BCUT2D eigenvalue weighted by atomic mass is 32.2. The molecule has 8 rings (SSSR count). The molecule has 222 valence electrons. The number of nitrogens with zero attached hydrogens (tertiary/aromatic N) is 10. The summed E-state index contributed by atoms with van der Waals surface area (Å²) in [6.07, 6.45) is 16.6. The van der Waals surface area contributed by atoms with Crippen LogP contribution < -0.4 is 5.73 Å². The van der Waals surface area contributed by atoms with Gasteiger partial charge in [-0.15, -0.1) is 0 Å². The van der Waals surface area contributed by atoms with Crippen LogP contribution in [0.25, 0.3) is 55.6 Å². The molecular formula is C31H25N11S3. The Morgan fingerprint density at radius 1 is 0.533 bits per heavy atom. The number of rotatable bonds is 5. The molecule has 0 aliphatic carbocycles. The van der Waals surface area contributed by atoms with Crippen LogP contribution in [0.15, 0.2) is 101 Å². The Morgan fingerprint density at radius 3 is 1.60 bits per heavy atom. The van der Waals surface area contributed by atoms with E-state index in [-0.39, 0.29) is 0 Å². The highest BCUT2D eigenvalue weighted by Crippen LogP contribution is 2.36. The molecule has 0 unspecified atom stereocenters. The fraction of sp³-hybridized carbons (Fsp3) is 0.0968. The van der Waals surface area contributed by atoms with Gasteiger partial charge in [-0.05, 0) is 67.3 Å². The van der Waals surface area contributed by atoms with Gasteiger partial charge in [0.15, 0.2) is 15.5 Å². The topological polar surface area (TPSA) is 138 Å². The van der Waals surface area contributed by atoms with Gasteiger partial charge in [-0.2, -0.15) is 0 Å². The maximum absolute atomic E-state index is 6.04. The molecule has 11 nitrogen and oxygen atoms in total. The molecule has 0 saturated heterocycles. The van der Waals surface area contributed by atoms with Crippen molar-refractivity contribution in [2.75, 3.05) is 24.5 Å². The first-order chi connectivity index (χ1) is 22.1. The number of thioether (sulfide) groups is 3. The zero-order chi connectivity index (χ0) is 30.9. The Bertz CT molecular complexity index is 2330. The molecule has 0 radical (unpaired) electrons. The summed E-state index contributed by atoms with van der Waals surface area (Å²) in [6.45, 7) is 0. The highest BCUT2D eigenvalue weighted by Gasteiger charge is 2.19. The van der Waals surface area contributed by atoms with Crippen LogP contribution in [0.2, 0.25) is 0 Å². The molecule has 8 aromatic rings. The first-order valence-corrected chi connectivity index (χ1v) is 17.3. The number of pyridine rings is 2. The summed E-state index contributed by atoms with van der Waals surface area (Å²) in [5, 5.41) is 4.47. The van der Waals surface area contributed by atoms with Crippen molar-refractivity contribution in [3.8, 4) is 22.5 Å². The quantitative estimate of drug-likeness (QED) is 0.163. The average Bonchev–Trinajstić information content (AvgIpc) is 3.62. The third-order valence-electron chi connectivity index (χ3n) is 7.13. The summed E-state index contributed by atoms with van der Waals surface area (Å²) in [7, 11) is 0. The van der Waals surface area contributed by atoms with Crippen molar-refractivity contribution in [1.82, 2.24) is 48.7 Å². The van der Waals surface area contributed by atoms with Gasteiger partial charge in [-0.1, -0.05) is 35.3 Å². The zero-order valence-electron chi connectivity index (χ0n) is 24.4. The number of nitrogen functional groups attached to an aromatic ring is 1. The SMILES string of the molecule is CSc1nccc(-c2c3cccnc3n3c(N)nccc23)n1.CSc1nccc(-c2c3cccnc3n3c(SC)nccc23)n1. The van der Waals surface area contributed by atoms with E-state index in [0.29, 0.717) is 5.95 Å². The van der Waals surface area contributed by atoms with Crippen molar-refractivity contribution in [2.45, 2.75) is 15.5 Å². The second kappa shape index (κ2) is 12.3. The third-order valence-corrected chi connectivity index (χ3v) is 8.91. The second-order valence-corrected chi connectivity index (χ2v) is 11.9. The number of hydrogen-bond acceptors (Lipinski definition) is 12. The van der Waals surface area contributed by atoms with Crippen LogP contribution in [-0.4, -0.2) is 67.4 Å². The molecule has 0 fully saturated rings. The van der Waals surface area contributed by atoms with Gasteiger partial charge in [0.2, 0.25) is 5.95 Å². The minimum Gasteiger partial charge on any atom is -0.369 e. The van der Waals surface area contributed by atoms with Gasteiger partial charge in [-0.3, -0.25) is 8.80 Å². The number of nitrogens with two attached hydrogens (primary N) is 1. The Kier molecular flexibility index (Phi) is 7.92. The van der Waals surface area contributed by atoms with E-state index in [2.05, 4.69) is 50.3 Å². The molecule has 0 atom stereocenters. The lowest BCUT2D eigenvalue weighted by Gasteiger charge is -2.04. The van der Waals surface area contributed by atoms with Crippen LogP contribution in [-0.2, 0) is 0 Å². The van der Waals surface area contributed by atoms with Crippen LogP contribution in [0.4, 0.5) is 5.95 Å². The van der Waals surface area contributed by atoms with E-state index in [9.17, 15) is 0 Å². The Hall–Kier alpha value is -4.79. The van der Waals surface area contributed by atoms with Gasteiger partial charge in [0.1, 0.15) is 11.3 Å². The molecule has 0 aliphatic rings. The van der Waals surface area contributed by atoms with Gasteiger partial charge in [0, 0.05) is 59.1 Å². The van der Waals surface area contributed by atoms with E-state index in [1.165, 1.54) is 23.5 Å². The molecule has 2 N–H and O–H groups in total. The molecule has 45 heavy (non-hydrogen) atoms. The van der Waals surface area contributed by atoms with E-state index < -0.39 is 0 Å². The van der Waals surface area contributed by atoms with Crippen molar-refractivity contribution in [2.24, 2.45) is 0 Å². The summed E-state index contributed by atoms with van der Waals surface area (Å²) in [5.41, 5.74) is 13.5. The molecule has 0 aliphatic heterocycles. The molecule has 0 saturated carbocycles. The van der Waals surface area contributed by atoms with E-state index in [1.54, 1.807) is 36.5 Å². The van der Waals surface area contributed by atoms with Gasteiger partial charge in [0.25, 0.3) is 0 Å². The fourth-order valence-corrected chi connectivity index (χ4v) is 6.57. The van der Waals surface area contributed by atoms with Gasteiger partial charge < -0.3 is 5.73 Å².